The van der Waals surface area contributed by atoms with Crippen LogP contribution in [0.1, 0.15) is 11.1 Å². The minimum Gasteiger partial charge on any atom is -0.496 e. The van der Waals surface area contributed by atoms with Gasteiger partial charge in [0.25, 0.3) is 0 Å². The highest BCUT2D eigenvalue weighted by molar-refractivity contribution is 5.61. The molecule has 4 aromatic rings. The molecule has 0 aliphatic rings. The second kappa shape index (κ2) is 8.52. The lowest BCUT2D eigenvalue weighted by Gasteiger charge is -2.09. The van der Waals surface area contributed by atoms with Gasteiger partial charge < -0.3 is 19.8 Å². The van der Waals surface area contributed by atoms with Crippen molar-refractivity contribution in [3.63, 3.8) is 0 Å². The second-order valence-corrected chi connectivity index (χ2v) is 6.72. The third-order valence-corrected chi connectivity index (χ3v) is 4.74. The monoisotopic (exact) mass is 385 g/mol. The lowest BCUT2D eigenvalue weighted by molar-refractivity contribution is 0.306. The van der Waals surface area contributed by atoms with Crippen LogP contribution in [0.3, 0.4) is 0 Å². The number of ether oxygens (including phenoxy) is 2. The van der Waals surface area contributed by atoms with Crippen LogP contribution in [0, 0.1) is 0 Å². The van der Waals surface area contributed by atoms with Crippen molar-refractivity contribution in [1.29, 1.82) is 0 Å². The first-order chi connectivity index (χ1) is 14.2. The zero-order chi connectivity index (χ0) is 20.1. The molecule has 0 atom stereocenters. The van der Waals surface area contributed by atoms with E-state index in [1.165, 1.54) is 0 Å². The predicted octanol–water partition coefficient (Wildman–Crippen LogP) is 4.77. The van der Waals surface area contributed by atoms with Gasteiger partial charge in [0.05, 0.1) is 19.3 Å². The number of para-hydroxylation sites is 1. The maximum absolute atomic E-state index is 6.15. The van der Waals surface area contributed by atoms with Gasteiger partial charge >= 0.3 is 0 Å². The van der Waals surface area contributed by atoms with Gasteiger partial charge in [0.15, 0.2) is 0 Å². The number of hydrogen-bond donors (Lipinski definition) is 1. The fraction of sp³-hybridized carbons (Fsp3) is 0.125. The summed E-state index contributed by atoms with van der Waals surface area (Å²) < 4.78 is 13.2. The van der Waals surface area contributed by atoms with E-state index in [0.717, 1.165) is 33.9 Å². The van der Waals surface area contributed by atoms with E-state index < -0.39 is 0 Å². The minimum absolute atomic E-state index is 0.468. The van der Waals surface area contributed by atoms with Crippen LogP contribution in [0.2, 0.25) is 0 Å². The first kappa shape index (κ1) is 18.6. The molecule has 29 heavy (non-hydrogen) atoms. The third kappa shape index (κ3) is 4.41. The molecule has 0 saturated carbocycles. The number of nitrogens with two attached hydrogens (primary N) is 1. The molecule has 0 unspecified atom stereocenters. The number of rotatable bonds is 7. The van der Waals surface area contributed by atoms with E-state index in [0.29, 0.717) is 19.1 Å². The van der Waals surface area contributed by atoms with Crippen LogP contribution in [0.4, 0.5) is 5.95 Å². The van der Waals surface area contributed by atoms with Gasteiger partial charge in [-0.15, -0.1) is 0 Å². The Morgan fingerprint density at radius 3 is 2.38 bits per heavy atom. The number of aromatic nitrogens is 2. The first-order valence-electron chi connectivity index (χ1n) is 9.44. The first-order valence-corrected chi connectivity index (χ1v) is 9.44. The van der Waals surface area contributed by atoms with Gasteiger partial charge in [-0.3, -0.25) is 0 Å². The lowest BCUT2D eigenvalue weighted by Crippen LogP contribution is -2.04. The van der Waals surface area contributed by atoms with Crippen LogP contribution in [-0.2, 0) is 13.2 Å². The topological polar surface area (TPSA) is 62.3 Å². The summed E-state index contributed by atoms with van der Waals surface area (Å²) in [6.45, 7) is 1.14. The van der Waals surface area contributed by atoms with E-state index in [4.69, 9.17) is 15.2 Å². The highest BCUT2D eigenvalue weighted by Crippen LogP contribution is 2.25. The summed E-state index contributed by atoms with van der Waals surface area (Å²) in [7, 11) is 1.67. The number of anilines is 1. The van der Waals surface area contributed by atoms with E-state index in [2.05, 4.69) is 4.98 Å². The maximum atomic E-state index is 6.15. The smallest absolute Gasteiger partial charge is 0.201 e. The SMILES string of the molecule is COc1ccccc1Cn1cc(-c2ccc(OCc3ccccc3)cc2)nc1N. The summed E-state index contributed by atoms with van der Waals surface area (Å²) in [5.74, 6) is 2.12. The van der Waals surface area contributed by atoms with Gasteiger partial charge in [-0.1, -0.05) is 48.5 Å². The summed E-state index contributed by atoms with van der Waals surface area (Å²) >= 11 is 0. The molecule has 0 bridgehead atoms. The van der Waals surface area contributed by atoms with Crippen molar-refractivity contribution in [3.05, 3.63) is 96.2 Å². The Hall–Kier alpha value is -3.73. The molecule has 2 N–H and O–H groups in total. The van der Waals surface area contributed by atoms with Crippen molar-refractivity contribution in [3.8, 4) is 22.8 Å². The summed E-state index contributed by atoms with van der Waals surface area (Å²) in [4.78, 5) is 4.51. The number of benzene rings is 3. The van der Waals surface area contributed by atoms with Crippen molar-refractivity contribution in [2.75, 3.05) is 12.8 Å². The van der Waals surface area contributed by atoms with Crippen molar-refractivity contribution >= 4 is 5.95 Å². The fourth-order valence-corrected chi connectivity index (χ4v) is 3.18. The summed E-state index contributed by atoms with van der Waals surface area (Å²) in [5, 5.41) is 0. The van der Waals surface area contributed by atoms with Gasteiger partial charge in [-0.05, 0) is 35.9 Å². The molecule has 3 aromatic carbocycles. The van der Waals surface area contributed by atoms with Gasteiger partial charge in [0.1, 0.15) is 18.1 Å². The Morgan fingerprint density at radius 1 is 0.897 bits per heavy atom. The van der Waals surface area contributed by atoms with E-state index in [-0.39, 0.29) is 0 Å². The molecule has 0 radical (unpaired) electrons. The summed E-state index contributed by atoms with van der Waals surface area (Å²) in [6, 6.07) is 25.9. The number of nitrogen functional groups attached to an aromatic ring is 1. The quantitative estimate of drug-likeness (QED) is 0.498. The zero-order valence-electron chi connectivity index (χ0n) is 16.3. The van der Waals surface area contributed by atoms with Gasteiger partial charge in [-0.25, -0.2) is 4.98 Å². The van der Waals surface area contributed by atoms with Crippen molar-refractivity contribution in [2.24, 2.45) is 0 Å². The van der Waals surface area contributed by atoms with Crippen molar-refractivity contribution < 1.29 is 9.47 Å². The average molecular weight is 385 g/mol. The molecule has 0 amide bonds. The Balaban J connectivity index is 1.47. The molecule has 5 nitrogen and oxygen atoms in total. The lowest BCUT2D eigenvalue weighted by atomic mass is 10.1. The Labute approximate surface area is 170 Å². The highest BCUT2D eigenvalue weighted by atomic mass is 16.5. The molecule has 0 aliphatic carbocycles. The van der Waals surface area contributed by atoms with Crippen LogP contribution in [-0.4, -0.2) is 16.7 Å². The van der Waals surface area contributed by atoms with E-state index >= 15 is 0 Å². The Kier molecular flexibility index (Phi) is 5.47. The van der Waals surface area contributed by atoms with Crippen LogP contribution in [0.5, 0.6) is 11.5 Å². The van der Waals surface area contributed by atoms with Crippen LogP contribution in [0.15, 0.2) is 85.1 Å². The zero-order valence-corrected chi connectivity index (χ0v) is 16.3. The Bertz CT molecular complexity index is 1070. The fourth-order valence-electron chi connectivity index (χ4n) is 3.18. The molecule has 0 saturated heterocycles. The number of imidazole rings is 1. The van der Waals surface area contributed by atoms with Gasteiger partial charge in [0, 0.05) is 17.3 Å². The molecule has 146 valence electrons. The van der Waals surface area contributed by atoms with E-state index in [1.54, 1.807) is 7.11 Å². The van der Waals surface area contributed by atoms with Crippen LogP contribution < -0.4 is 15.2 Å². The molecule has 0 spiro atoms. The predicted molar refractivity (Wildman–Crippen MR) is 115 cm³/mol. The van der Waals surface area contributed by atoms with Crippen molar-refractivity contribution in [2.45, 2.75) is 13.2 Å². The van der Waals surface area contributed by atoms with Crippen molar-refractivity contribution in [1.82, 2.24) is 9.55 Å². The normalized spacial score (nSPS) is 10.7. The molecular formula is C24H23N3O2. The van der Waals surface area contributed by atoms with Gasteiger partial charge in [0.2, 0.25) is 5.95 Å². The van der Waals surface area contributed by atoms with Crippen LogP contribution >= 0.6 is 0 Å². The van der Waals surface area contributed by atoms with E-state index in [1.807, 2.05) is 89.6 Å². The summed E-state index contributed by atoms with van der Waals surface area (Å²) in [6.07, 6.45) is 1.96. The highest BCUT2D eigenvalue weighted by Gasteiger charge is 2.10. The minimum atomic E-state index is 0.468. The number of hydrogen-bond acceptors (Lipinski definition) is 4. The molecule has 0 fully saturated rings. The molecule has 1 heterocycles. The Morgan fingerprint density at radius 2 is 1.62 bits per heavy atom. The molecule has 4 rings (SSSR count). The molecule has 5 heteroatoms. The number of nitrogens with zero attached hydrogens (tertiary/aromatic N) is 2. The largest absolute Gasteiger partial charge is 0.496 e. The van der Waals surface area contributed by atoms with Crippen LogP contribution in [0.25, 0.3) is 11.3 Å². The molecule has 1 aromatic heterocycles. The molecule has 0 aliphatic heterocycles. The average Bonchev–Trinajstić information content (AvgIpc) is 3.14. The van der Waals surface area contributed by atoms with Gasteiger partial charge in [-0.2, -0.15) is 0 Å². The van der Waals surface area contributed by atoms with E-state index in [9.17, 15) is 0 Å². The third-order valence-electron chi connectivity index (χ3n) is 4.74. The summed E-state index contributed by atoms with van der Waals surface area (Å²) in [5.41, 5.74) is 10.2. The standard InChI is InChI=1S/C24H23N3O2/c1-28-23-10-6-5-9-20(23)15-27-16-22(26-24(27)25)19-11-13-21(14-12-19)29-17-18-7-3-2-4-8-18/h2-14,16H,15,17H2,1H3,(H2,25,26). The second-order valence-electron chi connectivity index (χ2n) is 6.72. The number of methoxy groups -OCH3 is 1. The maximum Gasteiger partial charge on any atom is 0.201 e. The molecular weight excluding hydrogens is 362 g/mol.